The van der Waals surface area contributed by atoms with Crippen LogP contribution in [0.1, 0.15) is 26.7 Å². The lowest BCUT2D eigenvalue weighted by molar-refractivity contribution is -0.132. The van der Waals surface area contributed by atoms with Gasteiger partial charge in [-0.25, -0.2) is 8.42 Å². The van der Waals surface area contributed by atoms with E-state index in [1.54, 1.807) is 11.0 Å². The van der Waals surface area contributed by atoms with Gasteiger partial charge in [0.15, 0.2) is 0 Å². The molecule has 1 aromatic carbocycles. The number of benzene rings is 1. The summed E-state index contributed by atoms with van der Waals surface area (Å²) in [5.74, 6) is -0.332. The van der Waals surface area contributed by atoms with Crippen molar-refractivity contribution in [1.82, 2.24) is 9.62 Å². The van der Waals surface area contributed by atoms with Gasteiger partial charge in [-0.1, -0.05) is 41.4 Å². The number of hydrogen-bond acceptors (Lipinski definition) is 3. The minimum absolute atomic E-state index is 0.0257. The van der Waals surface area contributed by atoms with Crippen molar-refractivity contribution in [2.75, 3.05) is 13.1 Å². The molecule has 1 aromatic rings. The number of nitrogens with zero attached hydrogens (tertiary/aromatic N) is 1. The van der Waals surface area contributed by atoms with Crippen molar-refractivity contribution in [2.24, 2.45) is 5.92 Å². The maximum absolute atomic E-state index is 12.6. The molecule has 128 valence electrons. The Hall–Kier alpha value is -0.630. The highest BCUT2D eigenvalue weighted by molar-refractivity contribution is 9.10. The third-order valence-corrected chi connectivity index (χ3v) is 6.23. The van der Waals surface area contributed by atoms with Gasteiger partial charge >= 0.3 is 0 Å². The molecule has 1 N–H and O–H groups in total. The van der Waals surface area contributed by atoms with Crippen LogP contribution in [0.25, 0.3) is 0 Å². The first-order valence-electron chi connectivity index (χ1n) is 7.48. The minimum atomic E-state index is -3.88. The zero-order chi connectivity index (χ0) is 17.2. The smallest absolute Gasteiger partial charge is 0.242 e. The van der Waals surface area contributed by atoms with Crippen LogP contribution < -0.4 is 4.72 Å². The van der Waals surface area contributed by atoms with Crippen molar-refractivity contribution in [1.29, 1.82) is 0 Å². The Bertz CT molecular complexity index is 688. The van der Waals surface area contributed by atoms with E-state index < -0.39 is 16.1 Å². The predicted octanol–water partition coefficient (Wildman–Crippen LogP) is 3.03. The molecule has 1 aliphatic heterocycles. The molecule has 0 saturated carbocycles. The van der Waals surface area contributed by atoms with E-state index in [4.69, 9.17) is 11.6 Å². The van der Waals surface area contributed by atoms with E-state index >= 15 is 0 Å². The molecule has 8 heteroatoms. The topological polar surface area (TPSA) is 66.5 Å². The van der Waals surface area contributed by atoms with Gasteiger partial charge in [-0.2, -0.15) is 4.72 Å². The Morgan fingerprint density at radius 3 is 2.43 bits per heavy atom. The second-order valence-corrected chi connectivity index (χ2v) is 8.96. The normalized spacial score (nSPS) is 16.8. The summed E-state index contributed by atoms with van der Waals surface area (Å²) in [6.45, 7) is 5.01. The Morgan fingerprint density at radius 1 is 1.30 bits per heavy atom. The molecular formula is C15H20BrClN2O3S. The van der Waals surface area contributed by atoms with Gasteiger partial charge in [0.2, 0.25) is 15.9 Å². The molecule has 1 amide bonds. The molecule has 0 aromatic heterocycles. The van der Waals surface area contributed by atoms with Crippen LogP contribution >= 0.6 is 27.5 Å². The average Bonchev–Trinajstić information content (AvgIpc) is 2.97. The zero-order valence-corrected chi connectivity index (χ0v) is 16.2. The molecule has 0 radical (unpaired) electrons. The Morgan fingerprint density at radius 2 is 1.91 bits per heavy atom. The second kappa shape index (κ2) is 7.51. The van der Waals surface area contributed by atoms with Crippen LogP contribution in [0.5, 0.6) is 0 Å². The summed E-state index contributed by atoms with van der Waals surface area (Å²) in [7, 11) is -3.88. The molecule has 0 aliphatic carbocycles. The third-order valence-electron chi connectivity index (χ3n) is 3.82. The van der Waals surface area contributed by atoms with Crippen molar-refractivity contribution in [3.05, 3.63) is 27.7 Å². The van der Waals surface area contributed by atoms with Gasteiger partial charge in [0, 0.05) is 17.6 Å². The quantitative estimate of drug-likeness (QED) is 0.791. The predicted molar refractivity (Wildman–Crippen MR) is 93.9 cm³/mol. The van der Waals surface area contributed by atoms with Gasteiger partial charge in [-0.15, -0.1) is 0 Å². The van der Waals surface area contributed by atoms with Crippen LogP contribution in [0, 0.1) is 5.92 Å². The van der Waals surface area contributed by atoms with Crippen molar-refractivity contribution in [3.8, 4) is 0 Å². The Labute approximate surface area is 150 Å². The number of carbonyl (C=O) groups is 1. The van der Waals surface area contributed by atoms with E-state index in [0.717, 1.165) is 12.8 Å². The molecule has 0 unspecified atom stereocenters. The fourth-order valence-corrected chi connectivity index (χ4v) is 4.90. The molecular weight excluding hydrogens is 404 g/mol. The summed E-state index contributed by atoms with van der Waals surface area (Å²) in [6.07, 6.45) is 1.92. The molecule has 23 heavy (non-hydrogen) atoms. The molecule has 0 bridgehead atoms. The summed E-state index contributed by atoms with van der Waals surface area (Å²) in [4.78, 5) is 14.3. The highest BCUT2D eigenvalue weighted by atomic mass is 79.9. The van der Waals surface area contributed by atoms with Crippen LogP contribution in [0.3, 0.4) is 0 Å². The van der Waals surface area contributed by atoms with E-state index in [-0.39, 0.29) is 21.7 Å². The summed E-state index contributed by atoms with van der Waals surface area (Å²) in [5, 5.41) is 0.114. The number of nitrogens with one attached hydrogen (secondary N) is 1. The zero-order valence-electron chi connectivity index (χ0n) is 13.1. The maximum atomic E-state index is 12.6. The number of likely N-dealkylation sites (tertiary alicyclic amines) is 1. The van der Waals surface area contributed by atoms with Gasteiger partial charge in [-0.3, -0.25) is 4.79 Å². The molecule has 5 nitrogen and oxygen atoms in total. The first-order chi connectivity index (χ1) is 10.7. The molecule has 1 saturated heterocycles. The van der Waals surface area contributed by atoms with Gasteiger partial charge in [0.05, 0.1) is 5.02 Å². The average molecular weight is 424 g/mol. The number of halogens is 2. The minimum Gasteiger partial charge on any atom is -0.341 e. The Balaban J connectivity index is 2.26. The number of carbonyl (C=O) groups excluding carboxylic acids is 1. The summed E-state index contributed by atoms with van der Waals surface area (Å²) >= 11 is 9.28. The lowest BCUT2D eigenvalue weighted by Gasteiger charge is -2.26. The third kappa shape index (κ3) is 4.47. The number of rotatable bonds is 5. The lowest BCUT2D eigenvalue weighted by Crippen LogP contribution is -2.50. The van der Waals surface area contributed by atoms with Crippen molar-refractivity contribution < 1.29 is 13.2 Å². The molecule has 1 aliphatic rings. The highest BCUT2D eigenvalue weighted by Gasteiger charge is 2.33. The van der Waals surface area contributed by atoms with E-state index in [0.29, 0.717) is 17.6 Å². The molecule has 1 heterocycles. The van der Waals surface area contributed by atoms with E-state index in [2.05, 4.69) is 20.7 Å². The van der Waals surface area contributed by atoms with Crippen molar-refractivity contribution in [3.63, 3.8) is 0 Å². The summed E-state index contributed by atoms with van der Waals surface area (Å²) < 4.78 is 28.5. The highest BCUT2D eigenvalue weighted by Crippen LogP contribution is 2.26. The molecule has 0 spiro atoms. The SMILES string of the molecule is CC(C)[C@H](NS(=O)(=O)c1ccc(Br)cc1Cl)C(=O)N1CCCC1. The standard InChI is InChI=1S/C15H20BrClN2O3S/c1-10(2)14(15(20)19-7-3-4-8-19)18-23(21,22)13-6-5-11(16)9-12(13)17/h5-6,9-10,14,18H,3-4,7-8H2,1-2H3/t14-/m0/s1. The van der Waals surface area contributed by atoms with Crippen LogP contribution in [0.4, 0.5) is 0 Å². The first kappa shape index (κ1) is 18.7. The van der Waals surface area contributed by atoms with Crippen molar-refractivity contribution in [2.45, 2.75) is 37.6 Å². The number of sulfonamides is 1. The van der Waals surface area contributed by atoms with Crippen LogP contribution in [0.15, 0.2) is 27.6 Å². The van der Waals surface area contributed by atoms with Crippen molar-refractivity contribution >= 4 is 43.5 Å². The fraction of sp³-hybridized carbons (Fsp3) is 0.533. The van der Waals surface area contributed by atoms with Gasteiger partial charge < -0.3 is 4.90 Å². The largest absolute Gasteiger partial charge is 0.341 e. The second-order valence-electron chi connectivity index (χ2n) is 5.95. The number of amides is 1. The first-order valence-corrected chi connectivity index (χ1v) is 10.1. The monoisotopic (exact) mass is 422 g/mol. The molecule has 1 atom stereocenters. The van der Waals surface area contributed by atoms with E-state index in [9.17, 15) is 13.2 Å². The van der Waals surface area contributed by atoms with Gasteiger partial charge in [0.25, 0.3) is 0 Å². The van der Waals surface area contributed by atoms with E-state index in [1.165, 1.54) is 12.1 Å². The van der Waals surface area contributed by atoms with E-state index in [1.807, 2.05) is 13.8 Å². The molecule has 1 fully saturated rings. The van der Waals surface area contributed by atoms with Gasteiger partial charge in [0.1, 0.15) is 10.9 Å². The molecule has 2 rings (SSSR count). The van der Waals surface area contributed by atoms with Crippen LogP contribution in [-0.2, 0) is 14.8 Å². The lowest BCUT2D eigenvalue weighted by atomic mass is 10.0. The summed E-state index contributed by atoms with van der Waals surface area (Å²) in [5.41, 5.74) is 0. The number of hydrogen-bond donors (Lipinski definition) is 1. The maximum Gasteiger partial charge on any atom is 0.242 e. The summed E-state index contributed by atoms with van der Waals surface area (Å²) in [6, 6.07) is 3.75. The Kier molecular flexibility index (Phi) is 6.10. The van der Waals surface area contributed by atoms with Crippen LogP contribution in [0.2, 0.25) is 5.02 Å². The van der Waals surface area contributed by atoms with Gasteiger partial charge in [-0.05, 0) is 37.0 Å². The fourth-order valence-electron chi connectivity index (χ4n) is 2.53. The van der Waals surface area contributed by atoms with Crippen LogP contribution in [-0.4, -0.2) is 38.4 Å².